The van der Waals surface area contributed by atoms with Gasteiger partial charge in [0.15, 0.2) is 0 Å². The molecule has 2 aliphatic rings. The van der Waals surface area contributed by atoms with Crippen molar-refractivity contribution in [3.05, 3.63) is 0 Å². The van der Waals surface area contributed by atoms with Crippen molar-refractivity contribution < 1.29 is 13.6 Å². The van der Waals surface area contributed by atoms with Crippen molar-refractivity contribution in [1.82, 2.24) is 14.9 Å². The van der Waals surface area contributed by atoms with Gasteiger partial charge in [0.2, 0.25) is 0 Å². The van der Waals surface area contributed by atoms with Gasteiger partial charge >= 0.3 is 7.60 Å². The highest BCUT2D eigenvalue weighted by atomic mass is 31.2. The van der Waals surface area contributed by atoms with Gasteiger partial charge in [-0.3, -0.25) is 4.57 Å². The largest absolute Gasteiger partial charge is 0.331 e. The highest BCUT2D eigenvalue weighted by Crippen LogP contribution is 2.47. The topological polar surface area (TPSA) is 45.2 Å². The number of likely N-dealkylation sites (tertiary alicyclic amines) is 1. The maximum atomic E-state index is 12.6. The third-order valence-electron chi connectivity index (χ3n) is 5.09. The lowest BCUT2D eigenvalue weighted by Crippen LogP contribution is -2.52. The lowest BCUT2D eigenvalue weighted by molar-refractivity contribution is -0.0568. The summed E-state index contributed by atoms with van der Waals surface area (Å²) in [6.07, 6.45) is 5.55. The van der Waals surface area contributed by atoms with Crippen LogP contribution in [0.2, 0.25) is 0 Å². The molecule has 0 atom stereocenters. The molecule has 0 N–H and O–H groups in total. The molecule has 0 radical (unpaired) electrons. The second-order valence-electron chi connectivity index (χ2n) is 6.66. The minimum atomic E-state index is -2.90. The highest BCUT2D eigenvalue weighted by Gasteiger charge is 2.30. The summed E-state index contributed by atoms with van der Waals surface area (Å²) in [5, 5.41) is 5.15. The summed E-state index contributed by atoms with van der Waals surface area (Å²) in [4.78, 5) is 2.42. The maximum Gasteiger partial charge on any atom is 0.331 e. The van der Waals surface area contributed by atoms with Crippen molar-refractivity contribution in [2.45, 2.75) is 52.5 Å². The van der Waals surface area contributed by atoms with E-state index in [1.165, 1.54) is 38.8 Å². The Labute approximate surface area is 148 Å². The molecule has 0 aromatic heterocycles. The first kappa shape index (κ1) is 20.3. The Morgan fingerprint density at radius 1 is 1.00 bits per heavy atom. The zero-order valence-electron chi connectivity index (χ0n) is 15.8. The molecule has 0 aromatic rings. The van der Waals surface area contributed by atoms with Crippen LogP contribution < -0.4 is 0 Å². The third-order valence-corrected chi connectivity index (χ3v) is 7.14. The normalized spacial score (nSPS) is 21.8. The fourth-order valence-corrected chi connectivity index (χ4v) is 5.56. The molecular formula is C17H36N3O3P. The van der Waals surface area contributed by atoms with Crippen molar-refractivity contribution in [1.29, 1.82) is 0 Å². The van der Waals surface area contributed by atoms with Crippen LogP contribution in [0.3, 0.4) is 0 Å². The van der Waals surface area contributed by atoms with E-state index in [1.807, 2.05) is 13.8 Å². The van der Waals surface area contributed by atoms with E-state index in [9.17, 15) is 4.57 Å². The molecule has 0 amide bonds. The summed E-state index contributed by atoms with van der Waals surface area (Å²) in [5.41, 5.74) is 0. The number of piperidine rings is 1. The number of hydrogen-bond donors (Lipinski definition) is 0. The summed E-state index contributed by atoms with van der Waals surface area (Å²) in [5.74, 6) is 0. The SMILES string of the molecule is CCOP(=O)(CCN1CCC(N(CC)N2CCCC2)CC1)OCC. The molecule has 2 heterocycles. The molecule has 2 fully saturated rings. The average Bonchev–Trinajstić information content (AvgIpc) is 3.10. The average molecular weight is 361 g/mol. The van der Waals surface area contributed by atoms with Crippen molar-refractivity contribution in [3.63, 3.8) is 0 Å². The van der Waals surface area contributed by atoms with E-state index in [0.29, 0.717) is 25.4 Å². The number of hydrazine groups is 1. The predicted octanol–water partition coefficient (Wildman–Crippen LogP) is 3.05. The van der Waals surface area contributed by atoms with Gasteiger partial charge in [0.05, 0.1) is 19.4 Å². The first-order valence-corrected chi connectivity index (χ1v) is 11.5. The molecule has 0 saturated carbocycles. The molecule has 2 rings (SSSR count). The van der Waals surface area contributed by atoms with Crippen LogP contribution in [0.15, 0.2) is 0 Å². The van der Waals surface area contributed by atoms with Crippen LogP contribution in [0.25, 0.3) is 0 Å². The van der Waals surface area contributed by atoms with Crippen LogP contribution in [0, 0.1) is 0 Å². The number of hydrogen-bond acceptors (Lipinski definition) is 6. The van der Waals surface area contributed by atoms with Crippen LogP contribution in [-0.4, -0.2) is 79.6 Å². The second-order valence-corrected chi connectivity index (χ2v) is 8.84. The van der Waals surface area contributed by atoms with E-state index in [1.54, 1.807) is 0 Å². The van der Waals surface area contributed by atoms with Crippen LogP contribution in [0.5, 0.6) is 0 Å². The van der Waals surface area contributed by atoms with E-state index in [0.717, 1.165) is 26.2 Å². The van der Waals surface area contributed by atoms with Gasteiger partial charge in [-0.05, 0) is 52.6 Å². The van der Waals surface area contributed by atoms with Gasteiger partial charge in [-0.2, -0.15) is 0 Å². The fraction of sp³-hybridized carbons (Fsp3) is 1.00. The second kappa shape index (κ2) is 10.2. The van der Waals surface area contributed by atoms with E-state index in [2.05, 4.69) is 21.8 Å². The van der Waals surface area contributed by atoms with Gasteiger partial charge in [0.1, 0.15) is 0 Å². The summed E-state index contributed by atoms with van der Waals surface area (Å²) in [7, 11) is -2.90. The highest BCUT2D eigenvalue weighted by molar-refractivity contribution is 7.53. The third kappa shape index (κ3) is 5.79. The van der Waals surface area contributed by atoms with Crippen molar-refractivity contribution in [3.8, 4) is 0 Å². The Kier molecular flexibility index (Phi) is 8.68. The minimum Gasteiger partial charge on any atom is -0.309 e. The molecule has 2 aliphatic heterocycles. The Bertz CT molecular complexity index is 387. The summed E-state index contributed by atoms with van der Waals surface area (Å²) >= 11 is 0. The first-order valence-electron chi connectivity index (χ1n) is 9.73. The molecular weight excluding hydrogens is 325 g/mol. The molecule has 2 saturated heterocycles. The Balaban J connectivity index is 1.76. The molecule has 6 nitrogen and oxygen atoms in total. The van der Waals surface area contributed by atoms with Crippen LogP contribution in [-0.2, 0) is 13.6 Å². The number of nitrogens with zero attached hydrogens (tertiary/aromatic N) is 3. The van der Waals surface area contributed by atoms with Gasteiger partial charge < -0.3 is 13.9 Å². The monoisotopic (exact) mass is 361 g/mol. The van der Waals surface area contributed by atoms with Crippen molar-refractivity contribution in [2.24, 2.45) is 0 Å². The zero-order valence-corrected chi connectivity index (χ0v) is 16.7. The smallest absolute Gasteiger partial charge is 0.309 e. The molecule has 142 valence electrons. The van der Waals surface area contributed by atoms with E-state index >= 15 is 0 Å². The van der Waals surface area contributed by atoms with Gasteiger partial charge in [0.25, 0.3) is 0 Å². The summed E-state index contributed by atoms with van der Waals surface area (Å²) < 4.78 is 23.4. The van der Waals surface area contributed by atoms with Crippen LogP contribution in [0.1, 0.15) is 46.5 Å². The summed E-state index contributed by atoms with van der Waals surface area (Å²) in [6, 6.07) is 0.662. The standard InChI is InChI=1S/C17H36N3O3P/c1-4-20(19-11-7-8-12-19)17-9-13-18(14-10-17)15-16-24(21,22-5-2)23-6-3/h17H,4-16H2,1-3H3. The molecule has 24 heavy (non-hydrogen) atoms. The predicted molar refractivity (Wildman–Crippen MR) is 98.4 cm³/mol. The van der Waals surface area contributed by atoms with E-state index in [-0.39, 0.29) is 0 Å². The van der Waals surface area contributed by atoms with Gasteiger partial charge in [0, 0.05) is 32.2 Å². The van der Waals surface area contributed by atoms with Crippen molar-refractivity contribution >= 4 is 7.60 Å². The van der Waals surface area contributed by atoms with Crippen molar-refractivity contribution in [2.75, 3.05) is 58.6 Å². The molecule has 0 unspecified atom stereocenters. The Morgan fingerprint density at radius 3 is 2.08 bits per heavy atom. The van der Waals surface area contributed by atoms with Crippen LogP contribution >= 0.6 is 7.60 Å². The molecule has 0 aromatic carbocycles. The quantitative estimate of drug-likeness (QED) is 0.557. The number of rotatable bonds is 10. The first-order chi connectivity index (χ1) is 11.6. The maximum absolute atomic E-state index is 12.6. The zero-order chi connectivity index (χ0) is 17.4. The van der Waals surface area contributed by atoms with E-state index in [4.69, 9.17) is 9.05 Å². The van der Waals surface area contributed by atoms with Crippen LogP contribution in [0.4, 0.5) is 0 Å². The Hall–Kier alpha value is 0.0300. The minimum absolute atomic E-state index is 0.445. The van der Waals surface area contributed by atoms with Gasteiger partial charge in [-0.1, -0.05) is 6.92 Å². The molecule has 7 heteroatoms. The van der Waals surface area contributed by atoms with E-state index < -0.39 is 7.60 Å². The molecule has 0 aliphatic carbocycles. The molecule has 0 spiro atoms. The lowest BCUT2D eigenvalue weighted by Gasteiger charge is -2.42. The fourth-order valence-electron chi connectivity index (χ4n) is 3.91. The van der Waals surface area contributed by atoms with Gasteiger partial charge in [-0.25, -0.2) is 10.0 Å². The molecule has 0 bridgehead atoms. The Morgan fingerprint density at radius 2 is 1.58 bits per heavy atom. The van der Waals surface area contributed by atoms with Gasteiger partial charge in [-0.15, -0.1) is 0 Å². The lowest BCUT2D eigenvalue weighted by atomic mass is 10.0. The summed E-state index contributed by atoms with van der Waals surface area (Å²) in [6.45, 7) is 13.4.